The highest BCUT2D eigenvalue weighted by Gasteiger charge is 2.13. The van der Waals surface area contributed by atoms with Crippen molar-refractivity contribution in [3.63, 3.8) is 0 Å². The number of carboxylic acid groups (broad SMARTS) is 1. The van der Waals surface area contributed by atoms with Crippen LogP contribution in [0.5, 0.6) is 0 Å². The fraction of sp³-hybridized carbons (Fsp3) is 0.182. The molecule has 0 aliphatic heterocycles. The third-order valence-corrected chi connectivity index (χ3v) is 2.72. The quantitative estimate of drug-likeness (QED) is 0.919. The average molecular weight is 281 g/mol. The number of aromatic nitrogens is 2. The summed E-state index contributed by atoms with van der Waals surface area (Å²) in [6.45, 7) is 1.89. The third-order valence-electron chi connectivity index (χ3n) is 2.22. The van der Waals surface area contributed by atoms with E-state index in [1.54, 1.807) is 12.1 Å². The second kappa shape index (κ2) is 4.17. The van der Waals surface area contributed by atoms with Gasteiger partial charge in [-0.3, -0.25) is 0 Å². The van der Waals surface area contributed by atoms with Crippen LogP contribution in [-0.2, 0) is 6.42 Å². The van der Waals surface area contributed by atoms with Crippen molar-refractivity contribution < 1.29 is 9.90 Å². The molecule has 0 spiro atoms. The zero-order valence-electron chi connectivity index (χ0n) is 8.57. The SMILES string of the molecule is CCc1nc(C(=O)O)c2cc(Br)ccc2n1. The number of aryl methyl sites for hydroxylation is 1. The number of carboxylic acids is 1. The molecule has 0 unspecified atom stereocenters. The average Bonchev–Trinajstić information content (AvgIpc) is 2.27. The predicted molar refractivity (Wildman–Crippen MR) is 63.6 cm³/mol. The van der Waals surface area contributed by atoms with Gasteiger partial charge in [0.1, 0.15) is 5.82 Å². The molecule has 16 heavy (non-hydrogen) atoms. The number of hydrogen-bond acceptors (Lipinski definition) is 3. The predicted octanol–water partition coefficient (Wildman–Crippen LogP) is 2.65. The fourth-order valence-electron chi connectivity index (χ4n) is 1.47. The molecule has 5 heteroatoms. The lowest BCUT2D eigenvalue weighted by molar-refractivity contribution is 0.0692. The Balaban J connectivity index is 2.82. The molecular formula is C11H9BrN2O2. The lowest BCUT2D eigenvalue weighted by atomic mass is 10.2. The Morgan fingerprint density at radius 1 is 1.44 bits per heavy atom. The van der Waals surface area contributed by atoms with Crippen LogP contribution in [0.15, 0.2) is 22.7 Å². The Morgan fingerprint density at radius 3 is 2.81 bits per heavy atom. The summed E-state index contributed by atoms with van der Waals surface area (Å²) in [5.74, 6) is -0.479. The summed E-state index contributed by atoms with van der Waals surface area (Å²) in [7, 11) is 0. The molecule has 82 valence electrons. The van der Waals surface area contributed by atoms with E-state index in [1.807, 2.05) is 13.0 Å². The monoisotopic (exact) mass is 280 g/mol. The largest absolute Gasteiger partial charge is 0.476 e. The molecule has 1 aromatic carbocycles. The Morgan fingerprint density at radius 2 is 2.19 bits per heavy atom. The highest BCUT2D eigenvalue weighted by Crippen LogP contribution is 2.21. The van der Waals surface area contributed by atoms with Crippen LogP contribution in [0, 0.1) is 0 Å². The van der Waals surface area contributed by atoms with Crippen LogP contribution in [0.3, 0.4) is 0 Å². The Hall–Kier alpha value is -1.49. The molecule has 2 aromatic rings. The lowest BCUT2D eigenvalue weighted by Crippen LogP contribution is -2.06. The number of halogens is 1. The Labute approximate surface area is 100 Å². The molecule has 1 heterocycles. The molecule has 1 aromatic heterocycles. The molecule has 0 amide bonds. The maximum atomic E-state index is 11.1. The van der Waals surface area contributed by atoms with Crippen LogP contribution in [0.25, 0.3) is 10.9 Å². The molecule has 0 saturated heterocycles. The van der Waals surface area contributed by atoms with Crippen LogP contribution in [0.4, 0.5) is 0 Å². The summed E-state index contributed by atoms with van der Waals surface area (Å²) in [5, 5.41) is 9.64. The number of nitrogens with zero attached hydrogens (tertiary/aromatic N) is 2. The van der Waals surface area contributed by atoms with Crippen molar-refractivity contribution in [3.05, 3.63) is 34.2 Å². The minimum Gasteiger partial charge on any atom is -0.476 e. The van der Waals surface area contributed by atoms with Gasteiger partial charge in [-0.25, -0.2) is 14.8 Å². The number of benzene rings is 1. The molecule has 0 aliphatic rings. The Bertz CT molecular complexity index is 569. The Kier molecular flexibility index (Phi) is 2.87. The third kappa shape index (κ3) is 1.90. The first kappa shape index (κ1) is 11.0. The summed E-state index contributed by atoms with van der Waals surface area (Å²) in [5.41, 5.74) is 0.718. The van der Waals surface area contributed by atoms with Gasteiger partial charge in [0.2, 0.25) is 0 Å². The number of rotatable bonds is 2. The van der Waals surface area contributed by atoms with E-state index in [0.717, 1.165) is 4.47 Å². The fourth-order valence-corrected chi connectivity index (χ4v) is 1.83. The molecule has 2 rings (SSSR count). The lowest BCUT2D eigenvalue weighted by Gasteiger charge is -2.04. The number of carbonyl (C=O) groups is 1. The molecule has 1 N–H and O–H groups in total. The van der Waals surface area contributed by atoms with Crippen molar-refractivity contribution in [2.75, 3.05) is 0 Å². The van der Waals surface area contributed by atoms with Crippen molar-refractivity contribution in [1.29, 1.82) is 0 Å². The van der Waals surface area contributed by atoms with E-state index < -0.39 is 5.97 Å². The van der Waals surface area contributed by atoms with Gasteiger partial charge in [-0.2, -0.15) is 0 Å². The maximum Gasteiger partial charge on any atom is 0.355 e. The number of hydrogen-bond donors (Lipinski definition) is 1. The summed E-state index contributed by atoms with van der Waals surface area (Å²) in [6.07, 6.45) is 0.617. The van der Waals surface area contributed by atoms with E-state index in [4.69, 9.17) is 5.11 Å². The van der Waals surface area contributed by atoms with Crippen LogP contribution >= 0.6 is 15.9 Å². The zero-order chi connectivity index (χ0) is 11.7. The van der Waals surface area contributed by atoms with Crippen molar-refractivity contribution in [1.82, 2.24) is 9.97 Å². The van der Waals surface area contributed by atoms with Gasteiger partial charge in [0, 0.05) is 16.3 Å². The molecule has 4 nitrogen and oxygen atoms in total. The summed E-state index contributed by atoms with van der Waals surface area (Å²) in [6, 6.07) is 5.34. The molecule has 0 atom stereocenters. The van der Waals surface area contributed by atoms with Gasteiger partial charge in [0.15, 0.2) is 5.69 Å². The zero-order valence-corrected chi connectivity index (χ0v) is 10.2. The molecule has 0 radical (unpaired) electrons. The van der Waals surface area contributed by atoms with E-state index in [9.17, 15) is 4.79 Å². The summed E-state index contributed by atoms with van der Waals surface area (Å²) < 4.78 is 0.815. The van der Waals surface area contributed by atoms with Crippen molar-refractivity contribution in [2.45, 2.75) is 13.3 Å². The van der Waals surface area contributed by atoms with E-state index >= 15 is 0 Å². The molecule has 0 bridgehead atoms. The summed E-state index contributed by atoms with van der Waals surface area (Å²) >= 11 is 3.30. The van der Waals surface area contributed by atoms with Crippen LogP contribution in [-0.4, -0.2) is 21.0 Å². The minimum atomic E-state index is -1.03. The first-order valence-corrected chi connectivity index (χ1v) is 5.60. The van der Waals surface area contributed by atoms with Crippen LogP contribution < -0.4 is 0 Å². The van der Waals surface area contributed by atoms with Gasteiger partial charge in [0.05, 0.1) is 5.52 Å². The number of fused-ring (bicyclic) bond motifs is 1. The standard InChI is InChI=1S/C11H9BrN2O2/c1-2-9-13-8-4-3-6(12)5-7(8)10(14-9)11(15)16/h3-5H,2H2,1H3,(H,15,16). The van der Waals surface area contributed by atoms with Crippen molar-refractivity contribution in [3.8, 4) is 0 Å². The van der Waals surface area contributed by atoms with Crippen LogP contribution in [0.2, 0.25) is 0 Å². The van der Waals surface area contributed by atoms with Gasteiger partial charge in [-0.05, 0) is 18.2 Å². The van der Waals surface area contributed by atoms with Gasteiger partial charge in [-0.1, -0.05) is 22.9 Å². The van der Waals surface area contributed by atoms with Gasteiger partial charge >= 0.3 is 5.97 Å². The normalized spacial score (nSPS) is 10.6. The highest BCUT2D eigenvalue weighted by molar-refractivity contribution is 9.10. The molecule has 0 saturated carbocycles. The highest BCUT2D eigenvalue weighted by atomic mass is 79.9. The topological polar surface area (TPSA) is 63.1 Å². The second-order valence-electron chi connectivity index (χ2n) is 3.31. The van der Waals surface area contributed by atoms with E-state index in [2.05, 4.69) is 25.9 Å². The summed E-state index contributed by atoms with van der Waals surface area (Å²) in [4.78, 5) is 19.4. The van der Waals surface area contributed by atoms with E-state index in [0.29, 0.717) is 23.1 Å². The smallest absolute Gasteiger partial charge is 0.355 e. The number of aromatic carboxylic acids is 1. The molecule has 0 aliphatic carbocycles. The van der Waals surface area contributed by atoms with Crippen molar-refractivity contribution in [2.24, 2.45) is 0 Å². The second-order valence-corrected chi connectivity index (χ2v) is 4.22. The molecule has 0 fully saturated rings. The van der Waals surface area contributed by atoms with Gasteiger partial charge in [0.25, 0.3) is 0 Å². The van der Waals surface area contributed by atoms with Crippen molar-refractivity contribution >= 4 is 32.8 Å². The van der Waals surface area contributed by atoms with Crippen LogP contribution in [0.1, 0.15) is 23.2 Å². The van der Waals surface area contributed by atoms with Gasteiger partial charge < -0.3 is 5.11 Å². The first-order chi connectivity index (χ1) is 7.61. The minimum absolute atomic E-state index is 0.0585. The van der Waals surface area contributed by atoms with E-state index in [-0.39, 0.29) is 5.69 Å². The molecular weight excluding hydrogens is 272 g/mol. The first-order valence-electron chi connectivity index (χ1n) is 4.81. The van der Waals surface area contributed by atoms with Gasteiger partial charge in [-0.15, -0.1) is 0 Å². The maximum absolute atomic E-state index is 11.1. The van der Waals surface area contributed by atoms with E-state index in [1.165, 1.54) is 0 Å².